The number of amides is 1. The number of ether oxygens (including phenoxy) is 1. The number of nitrogens with one attached hydrogen (secondary N) is 1. The van der Waals surface area contributed by atoms with Crippen LogP contribution in [0.1, 0.15) is 36.5 Å². The van der Waals surface area contributed by atoms with Crippen molar-refractivity contribution in [1.82, 2.24) is 0 Å². The molecule has 26 heavy (non-hydrogen) atoms. The molecule has 0 heterocycles. The highest BCUT2D eigenvalue weighted by Gasteiger charge is 2.11. The van der Waals surface area contributed by atoms with Crippen molar-refractivity contribution in [3.8, 4) is 5.75 Å². The van der Waals surface area contributed by atoms with E-state index in [4.69, 9.17) is 4.74 Å². The van der Waals surface area contributed by atoms with Crippen LogP contribution in [-0.2, 0) is 11.4 Å². The highest BCUT2D eigenvalue weighted by Crippen LogP contribution is 2.26. The van der Waals surface area contributed by atoms with E-state index in [0.29, 0.717) is 13.2 Å². The van der Waals surface area contributed by atoms with Gasteiger partial charge >= 0.3 is 0 Å². The minimum Gasteiger partial charge on any atom is -1.00 e. The summed E-state index contributed by atoms with van der Waals surface area (Å²) >= 11 is 0. The molecule has 142 valence electrons. The minimum absolute atomic E-state index is 0. The number of benzene rings is 2. The Morgan fingerprint density at radius 2 is 1.77 bits per heavy atom. The van der Waals surface area contributed by atoms with Gasteiger partial charge in [0.2, 0.25) is 0 Å². The zero-order valence-corrected chi connectivity index (χ0v) is 16.6. The van der Waals surface area contributed by atoms with Crippen molar-refractivity contribution in [3.63, 3.8) is 0 Å². The van der Waals surface area contributed by atoms with Gasteiger partial charge in [0.05, 0.1) is 6.54 Å². The van der Waals surface area contributed by atoms with Crippen LogP contribution in [0.3, 0.4) is 0 Å². The molecule has 0 fully saturated rings. The summed E-state index contributed by atoms with van der Waals surface area (Å²) in [5.41, 5.74) is 4.06. The van der Waals surface area contributed by atoms with Gasteiger partial charge in [0, 0.05) is 5.69 Å². The molecule has 4 nitrogen and oxygen atoms in total. The molecule has 3 N–H and O–H groups in total. The van der Waals surface area contributed by atoms with Crippen molar-refractivity contribution in [1.29, 1.82) is 0 Å². The molecule has 5 heteroatoms. The standard InChI is InChI=1S/C21H28N2O2.ClH/c1-4-5-11-22-14-20(24)23-21-16(2)12-19(13-17(21)3)25-15-18-9-7-6-8-10-18;/h6-10,12-13,22H,4-5,11,14-15H2,1-3H3,(H,23,24);1H. The van der Waals surface area contributed by atoms with Gasteiger partial charge in [0.25, 0.3) is 5.91 Å². The third kappa shape index (κ3) is 7.06. The second kappa shape index (κ2) is 11.6. The Labute approximate surface area is 162 Å². The molecule has 0 spiro atoms. The third-order valence-electron chi connectivity index (χ3n) is 4.11. The largest absolute Gasteiger partial charge is 1.00 e. The summed E-state index contributed by atoms with van der Waals surface area (Å²) in [5, 5.41) is 5.09. The number of hydrogen-bond acceptors (Lipinski definition) is 2. The van der Waals surface area contributed by atoms with Gasteiger partial charge in [-0.15, -0.1) is 0 Å². The Balaban J connectivity index is 0.00000338. The topological polar surface area (TPSA) is 54.9 Å². The Kier molecular flexibility index (Phi) is 9.78. The summed E-state index contributed by atoms with van der Waals surface area (Å²) < 4.78 is 5.89. The van der Waals surface area contributed by atoms with Crippen LogP contribution in [0.5, 0.6) is 5.75 Å². The number of halogens is 1. The van der Waals surface area contributed by atoms with Gasteiger partial charge < -0.3 is 27.8 Å². The highest BCUT2D eigenvalue weighted by atomic mass is 35.5. The van der Waals surface area contributed by atoms with Crippen LogP contribution in [0.25, 0.3) is 0 Å². The maximum Gasteiger partial charge on any atom is 0.279 e. The van der Waals surface area contributed by atoms with Crippen LogP contribution < -0.4 is 27.8 Å². The summed E-state index contributed by atoms with van der Waals surface area (Å²) in [6, 6.07) is 14.1. The van der Waals surface area contributed by atoms with Gasteiger partial charge in [0.1, 0.15) is 12.4 Å². The Morgan fingerprint density at radius 3 is 2.38 bits per heavy atom. The van der Waals surface area contributed by atoms with Crippen molar-refractivity contribution in [2.24, 2.45) is 0 Å². The Hall–Kier alpha value is -2.04. The SMILES string of the molecule is CCCC[NH2+]CC(=O)Nc1c(C)cc(OCc2ccccc2)cc1C.[Cl-]. The number of quaternary nitrogens is 1. The van der Waals surface area contributed by atoms with E-state index in [9.17, 15) is 4.79 Å². The van der Waals surface area contributed by atoms with Crippen molar-refractivity contribution < 1.29 is 27.3 Å². The van der Waals surface area contributed by atoms with E-state index in [1.165, 1.54) is 0 Å². The fraction of sp³-hybridized carbons (Fsp3) is 0.381. The van der Waals surface area contributed by atoms with Crippen LogP contribution in [-0.4, -0.2) is 19.0 Å². The number of carbonyl (C=O) groups excluding carboxylic acids is 1. The first-order valence-electron chi connectivity index (χ1n) is 8.99. The van der Waals surface area contributed by atoms with Gasteiger partial charge in [0.15, 0.2) is 6.54 Å². The van der Waals surface area contributed by atoms with E-state index in [0.717, 1.165) is 47.5 Å². The lowest BCUT2D eigenvalue weighted by Crippen LogP contribution is -3.00. The van der Waals surface area contributed by atoms with E-state index >= 15 is 0 Å². The summed E-state index contributed by atoms with van der Waals surface area (Å²) in [5.74, 6) is 0.867. The van der Waals surface area contributed by atoms with Crippen LogP contribution in [0.4, 0.5) is 5.69 Å². The number of carbonyl (C=O) groups is 1. The van der Waals surface area contributed by atoms with Gasteiger partial charge in [-0.1, -0.05) is 43.7 Å². The lowest BCUT2D eigenvalue weighted by atomic mass is 10.1. The molecular weight excluding hydrogens is 348 g/mol. The zero-order chi connectivity index (χ0) is 18.1. The quantitative estimate of drug-likeness (QED) is 0.614. The van der Waals surface area contributed by atoms with Gasteiger partial charge in [-0.05, 0) is 49.1 Å². The molecule has 0 aliphatic heterocycles. The van der Waals surface area contributed by atoms with Crippen LogP contribution in [0.2, 0.25) is 0 Å². The highest BCUT2D eigenvalue weighted by molar-refractivity contribution is 5.93. The van der Waals surface area contributed by atoms with Gasteiger partial charge in [-0.3, -0.25) is 4.79 Å². The third-order valence-corrected chi connectivity index (χ3v) is 4.11. The molecule has 0 aliphatic carbocycles. The first-order valence-corrected chi connectivity index (χ1v) is 8.99. The fourth-order valence-electron chi connectivity index (χ4n) is 2.72. The van der Waals surface area contributed by atoms with E-state index < -0.39 is 0 Å². The smallest absolute Gasteiger partial charge is 0.279 e. The molecule has 0 atom stereocenters. The number of nitrogens with two attached hydrogens (primary N) is 1. The number of unbranched alkanes of at least 4 members (excludes halogenated alkanes) is 1. The molecule has 2 aromatic rings. The molecule has 0 aromatic heterocycles. The maximum atomic E-state index is 12.1. The normalized spacial score (nSPS) is 10.1. The second-order valence-corrected chi connectivity index (χ2v) is 6.39. The number of rotatable bonds is 9. The van der Waals surface area contributed by atoms with E-state index in [-0.39, 0.29) is 18.3 Å². The molecule has 0 saturated carbocycles. The van der Waals surface area contributed by atoms with Crippen LogP contribution in [0.15, 0.2) is 42.5 Å². The monoisotopic (exact) mass is 376 g/mol. The molecule has 0 bridgehead atoms. The molecule has 0 unspecified atom stereocenters. The first kappa shape index (κ1) is 22.0. The van der Waals surface area contributed by atoms with E-state index in [2.05, 4.69) is 17.6 Å². The minimum atomic E-state index is 0. The predicted octanol–water partition coefficient (Wildman–Crippen LogP) is 0.188. The Bertz CT molecular complexity index is 667. The molecule has 2 rings (SSSR count). The van der Waals surface area contributed by atoms with Gasteiger partial charge in [-0.25, -0.2) is 0 Å². The summed E-state index contributed by atoms with van der Waals surface area (Å²) in [4.78, 5) is 12.1. The lowest BCUT2D eigenvalue weighted by Gasteiger charge is -2.14. The maximum absolute atomic E-state index is 12.1. The molecule has 0 saturated heterocycles. The molecule has 0 radical (unpaired) electrons. The summed E-state index contributed by atoms with van der Waals surface area (Å²) in [6.45, 7) is 8.15. The zero-order valence-electron chi connectivity index (χ0n) is 15.8. The number of aryl methyl sites for hydroxylation is 2. The number of hydrogen-bond donors (Lipinski definition) is 2. The second-order valence-electron chi connectivity index (χ2n) is 6.39. The molecule has 1 amide bonds. The fourth-order valence-corrected chi connectivity index (χ4v) is 2.72. The first-order chi connectivity index (χ1) is 12.1. The molecule has 0 aliphatic rings. The van der Waals surface area contributed by atoms with Crippen molar-refractivity contribution in [2.75, 3.05) is 18.4 Å². The van der Waals surface area contributed by atoms with Crippen LogP contribution >= 0.6 is 0 Å². The van der Waals surface area contributed by atoms with Crippen LogP contribution in [0, 0.1) is 13.8 Å². The summed E-state index contributed by atoms with van der Waals surface area (Å²) in [7, 11) is 0. The molecular formula is C21H29ClN2O2. The summed E-state index contributed by atoms with van der Waals surface area (Å²) in [6.07, 6.45) is 2.29. The van der Waals surface area contributed by atoms with E-state index in [1.54, 1.807) is 0 Å². The average molecular weight is 377 g/mol. The van der Waals surface area contributed by atoms with Gasteiger partial charge in [-0.2, -0.15) is 0 Å². The van der Waals surface area contributed by atoms with E-state index in [1.807, 2.05) is 56.3 Å². The Morgan fingerprint density at radius 1 is 1.12 bits per heavy atom. The lowest BCUT2D eigenvalue weighted by molar-refractivity contribution is -0.643. The molecule has 2 aromatic carbocycles. The average Bonchev–Trinajstić information content (AvgIpc) is 2.61. The van der Waals surface area contributed by atoms with Crippen molar-refractivity contribution in [3.05, 3.63) is 59.2 Å². The predicted molar refractivity (Wildman–Crippen MR) is 102 cm³/mol. The number of anilines is 1. The van der Waals surface area contributed by atoms with Crippen molar-refractivity contribution in [2.45, 2.75) is 40.2 Å². The van der Waals surface area contributed by atoms with Crippen molar-refractivity contribution >= 4 is 11.6 Å².